The van der Waals surface area contributed by atoms with Crippen molar-refractivity contribution in [2.24, 2.45) is 0 Å². The largest absolute Gasteiger partial charge is 0.298 e. The van der Waals surface area contributed by atoms with Crippen molar-refractivity contribution in [2.75, 3.05) is 26.2 Å². The maximum absolute atomic E-state index is 2.83. The zero-order valence-corrected chi connectivity index (χ0v) is 16.9. The Morgan fingerprint density at radius 2 is 1.22 bits per heavy atom. The molecule has 0 aliphatic carbocycles. The first-order chi connectivity index (χ1) is 11.0. The summed E-state index contributed by atoms with van der Waals surface area (Å²) < 4.78 is 0. The van der Waals surface area contributed by atoms with Crippen molar-refractivity contribution in [3.05, 3.63) is 0 Å². The minimum Gasteiger partial charge on any atom is -0.298 e. The molecule has 138 valence electrons. The highest BCUT2D eigenvalue weighted by Gasteiger charge is 2.33. The monoisotopic (exact) mass is 324 g/mol. The SMILES string of the molecule is CCCCCCCC(C)(CCCCC)N1CCN(C(C)C)CC1. The molecule has 0 saturated carbocycles. The van der Waals surface area contributed by atoms with Crippen molar-refractivity contribution >= 4 is 0 Å². The molecule has 1 saturated heterocycles. The van der Waals surface area contributed by atoms with E-state index >= 15 is 0 Å². The van der Waals surface area contributed by atoms with E-state index in [1.54, 1.807) is 0 Å². The third kappa shape index (κ3) is 7.56. The van der Waals surface area contributed by atoms with Gasteiger partial charge in [-0.3, -0.25) is 9.80 Å². The highest BCUT2D eigenvalue weighted by atomic mass is 15.3. The summed E-state index contributed by atoms with van der Waals surface area (Å²) in [6.07, 6.45) is 14.0. The molecule has 0 N–H and O–H groups in total. The number of nitrogens with zero attached hydrogens (tertiary/aromatic N) is 2. The summed E-state index contributed by atoms with van der Waals surface area (Å²) in [5.74, 6) is 0. The second-order valence-electron chi connectivity index (χ2n) is 8.24. The van der Waals surface area contributed by atoms with Crippen LogP contribution in [0.3, 0.4) is 0 Å². The quantitative estimate of drug-likeness (QED) is 0.424. The number of piperazine rings is 1. The minimum atomic E-state index is 0.449. The molecular weight excluding hydrogens is 280 g/mol. The van der Waals surface area contributed by atoms with E-state index in [1.807, 2.05) is 0 Å². The van der Waals surface area contributed by atoms with E-state index in [9.17, 15) is 0 Å². The van der Waals surface area contributed by atoms with Crippen molar-refractivity contribution in [2.45, 2.75) is 110 Å². The van der Waals surface area contributed by atoms with Crippen molar-refractivity contribution in [3.63, 3.8) is 0 Å². The number of rotatable bonds is 12. The van der Waals surface area contributed by atoms with Crippen LogP contribution in [-0.2, 0) is 0 Å². The topological polar surface area (TPSA) is 6.48 Å². The zero-order chi connectivity index (χ0) is 17.1. The summed E-state index contributed by atoms with van der Waals surface area (Å²) >= 11 is 0. The Hall–Kier alpha value is -0.0800. The standard InChI is InChI=1S/C21H44N2/c1-6-8-10-11-13-15-21(5,14-12-9-7-2)23-18-16-22(17-19-23)20(3)4/h20H,6-19H2,1-5H3. The third-order valence-electron chi connectivity index (χ3n) is 5.95. The molecule has 2 nitrogen and oxygen atoms in total. The Bertz CT molecular complexity index is 282. The van der Waals surface area contributed by atoms with Crippen LogP contribution >= 0.6 is 0 Å². The molecule has 1 aliphatic heterocycles. The van der Waals surface area contributed by atoms with Crippen LogP contribution in [-0.4, -0.2) is 47.6 Å². The Balaban J connectivity index is 2.49. The van der Waals surface area contributed by atoms with Gasteiger partial charge in [0, 0.05) is 37.8 Å². The van der Waals surface area contributed by atoms with E-state index in [0.717, 1.165) is 0 Å². The lowest BCUT2D eigenvalue weighted by atomic mass is 9.86. The molecule has 1 unspecified atom stereocenters. The summed E-state index contributed by atoms with van der Waals surface area (Å²) in [6, 6.07) is 0.706. The molecule has 1 heterocycles. The molecular formula is C21H44N2. The van der Waals surface area contributed by atoms with Crippen LogP contribution in [0.2, 0.25) is 0 Å². The highest BCUT2D eigenvalue weighted by molar-refractivity contribution is 4.90. The molecule has 2 heteroatoms. The van der Waals surface area contributed by atoms with E-state index in [1.165, 1.54) is 90.4 Å². The summed E-state index contributed by atoms with van der Waals surface area (Å²) in [5.41, 5.74) is 0.449. The van der Waals surface area contributed by atoms with E-state index in [2.05, 4.69) is 44.4 Å². The van der Waals surface area contributed by atoms with E-state index in [0.29, 0.717) is 11.6 Å². The van der Waals surface area contributed by atoms with Crippen LogP contribution < -0.4 is 0 Å². The molecule has 0 bridgehead atoms. The zero-order valence-electron chi connectivity index (χ0n) is 16.9. The van der Waals surface area contributed by atoms with Crippen LogP contribution in [0.1, 0.15) is 98.8 Å². The van der Waals surface area contributed by atoms with Crippen molar-refractivity contribution < 1.29 is 0 Å². The van der Waals surface area contributed by atoms with Gasteiger partial charge in [0.05, 0.1) is 0 Å². The second-order valence-corrected chi connectivity index (χ2v) is 8.24. The Labute approximate surface area is 147 Å². The Morgan fingerprint density at radius 1 is 0.739 bits per heavy atom. The van der Waals surface area contributed by atoms with Gasteiger partial charge in [-0.1, -0.05) is 65.2 Å². The van der Waals surface area contributed by atoms with Gasteiger partial charge in [0.1, 0.15) is 0 Å². The van der Waals surface area contributed by atoms with Gasteiger partial charge in [-0.05, 0) is 33.6 Å². The molecule has 1 aliphatic rings. The average molecular weight is 325 g/mol. The minimum absolute atomic E-state index is 0.449. The predicted octanol–water partition coefficient (Wildman–Crippen LogP) is 5.71. The lowest BCUT2D eigenvalue weighted by Crippen LogP contribution is -2.57. The van der Waals surface area contributed by atoms with Gasteiger partial charge < -0.3 is 0 Å². The van der Waals surface area contributed by atoms with Gasteiger partial charge in [0.25, 0.3) is 0 Å². The highest BCUT2D eigenvalue weighted by Crippen LogP contribution is 2.30. The number of unbranched alkanes of at least 4 members (excludes halogenated alkanes) is 6. The smallest absolute Gasteiger partial charge is 0.0182 e. The van der Waals surface area contributed by atoms with Gasteiger partial charge in [0.15, 0.2) is 0 Å². The summed E-state index contributed by atoms with van der Waals surface area (Å²) in [5, 5.41) is 0. The average Bonchev–Trinajstić information content (AvgIpc) is 2.55. The fourth-order valence-corrected chi connectivity index (χ4v) is 4.08. The first kappa shape index (κ1) is 21.0. The summed E-state index contributed by atoms with van der Waals surface area (Å²) in [4.78, 5) is 5.48. The maximum atomic E-state index is 2.83. The molecule has 1 atom stereocenters. The fraction of sp³-hybridized carbons (Fsp3) is 1.00. The predicted molar refractivity (Wildman–Crippen MR) is 104 cm³/mol. The van der Waals surface area contributed by atoms with Gasteiger partial charge in [-0.2, -0.15) is 0 Å². The van der Waals surface area contributed by atoms with Crippen molar-refractivity contribution in [1.82, 2.24) is 9.80 Å². The van der Waals surface area contributed by atoms with Gasteiger partial charge in [-0.15, -0.1) is 0 Å². The molecule has 0 aromatic carbocycles. The van der Waals surface area contributed by atoms with Crippen LogP contribution in [0, 0.1) is 0 Å². The molecule has 1 rings (SSSR count). The number of hydrogen-bond donors (Lipinski definition) is 0. The summed E-state index contributed by atoms with van der Waals surface area (Å²) in [6.45, 7) is 16.9. The Morgan fingerprint density at radius 3 is 1.74 bits per heavy atom. The Kier molecular flexibility index (Phi) is 10.5. The van der Waals surface area contributed by atoms with Crippen LogP contribution in [0.4, 0.5) is 0 Å². The van der Waals surface area contributed by atoms with Crippen LogP contribution in [0.5, 0.6) is 0 Å². The van der Waals surface area contributed by atoms with Crippen LogP contribution in [0.15, 0.2) is 0 Å². The van der Waals surface area contributed by atoms with Gasteiger partial charge >= 0.3 is 0 Å². The normalized spacial score (nSPS) is 20.1. The first-order valence-corrected chi connectivity index (χ1v) is 10.5. The molecule has 0 aromatic heterocycles. The second kappa shape index (κ2) is 11.5. The summed E-state index contributed by atoms with van der Waals surface area (Å²) in [7, 11) is 0. The maximum Gasteiger partial charge on any atom is 0.0182 e. The molecule has 0 aromatic rings. The first-order valence-electron chi connectivity index (χ1n) is 10.5. The molecule has 0 spiro atoms. The van der Waals surface area contributed by atoms with E-state index < -0.39 is 0 Å². The van der Waals surface area contributed by atoms with Crippen LogP contribution in [0.25, 0.3) is 0 Å². The molecule has 0 amide bonds. The third-order valence-corrected chi connectivity index (χ3v) is 5.95. The van der Waals surface area contributed by atoms with E-state index in [-0.39, 0.29) is 0 Å². The van der Waals surface area contributed by atoms with Crippen molar-refractivity contribution in [3.8, 4) is 0 Å². The fourth-order valence-electron chi connectivity index (χ4n) is 4.08. The van der Waals surface area contributed by atoms with Gasteiger partial charge in [-0.25, -0.2) is 0 Å². The van der Waals surface area contributed by atoms with Gasteiger partial charge in [0.2, 0.25) is 0 Å². The number of hydrogen-bond acceptors (Lipinski definition) is 2. The van der Waals surface area contributed by atoms with E-state index in [4.69, 9.17) is 0 Å². The lowest BCUT2D eigenvalue weighted by Gasteiger charge is -2.47. The molecule has 23 heavy (non-hydrogen) atoms. The molecule has 1 fully saturated rings. The lowest BCUT2D eigenvalue weighted by molar-refractivity contribution is 0.0188. The molecule has 0 radical (unpaired) electrons. The van der Waals surface area contributed by atoms with Crippen molar-refractivity contribution in [1.29, 1.82) is 0 Å².